The Morgan fingerprint density at radius 2 is 2.00 bits per heavy atom. The number of nitrogens with one attached hydrogen (secondary N) is 1. The number of hydrogen-bond donors (Lipinski definition) is 1. The second-order valence-electron chi connectivity index (χ2n) is 6.39. The number of hydrogen-bond acceptors (Lipinski definition) is 5. The van der Waals surface area contributed by atoms with Gasteiger partial charge in [0.2, 0.25) is 5.91 Å². The number of furan rings is 1. The lowest BCUT2D eigenvalue weighted by molar-refractivity contribution is -0.122. The quantitative estimate of drug-likeness (QED) is 0.553. The van der Waals surface area contributed by atoms with Crippen LogP contribution in [0.1, 0.15) is 18.3 Å². The number of nitrogens with zero attached hydrogens (tertiary/aromatic N) is 3. The smallest absolute Gasteiger partial charge is 0.291 e. The van der Waals surface area contributed by atoms with Gasteiger partial charge in [-0.3, -0.25) is 14.0 Å². The van der Waals surface area contributed by atoms with Crippen molar-refractivity contribution in [1.29, 1.82) is 0 Å². The monoisotopic (exact) mass is 380 g/mol. The van der Waals surface area contributed by atoms with Gasteiger partial charge in [-0.1, -0.05) is 19.1 Å². The van der Waals surface area contributed by atoms with Crippen molar-refractivity contribution in [3.63, 3.8) is 0 Å². The van der Waals surface area contributed by atoms with Crippen LogP contribution < -0.4 is 15.6 Å². The zero-order chi connectivity index (χ0) is 19.7. The predicted octanol–water partition coefficient (Wildman–Crippen LogP) is 2.13. The van der Waals surface area contributed by atoms with Gasteiger partial charge in [0.05, 0.1) is 18.9 Å². The molecule has 1 aromatic carbocycles. The number of methoxy groups -OCH3 is 1. The highest BCUT2D eigenvalue weighted by atomic mass is 16.5. The Balaban J connectivity index is 1.55. The first-order chi connectivity index (χ1) is 13.6. The molecule has 0 saturated heterocycles. The molecule has 8 heteroatoms. The molecule has 8 nitrogen and oxygen atoms in total. The minimum absolute atomic E-state index is 0.148. The van der Waals surface area contributed by atoms with E-state index in [9.17, 15) is 9.59 Å². The third kappa shape index (κ3) is 3.13. The van der Waals surface area contributed by atoms with Gasteiger partial charge in [-0.05, 0) is 17.7 Å². The summed E-state index contributed by atoms with van der Waals surface area (Å²) in [5.74, 6) is 1.16. The van der Waals surface area contributed by atoms with Gasteiger partial charge >= 0.3 is 0 Å². The van der Waals surface area contributed by atoms with E-state index in [1.54, 1.807) is 29.9 Å². The SMILES string of the molecule is CCc1nn(CC(=O)NCc2ccc(OC)cc2)c(=O)c2cc3occc3n12. The van der Waals surface area contributed by atoms with E-state index in [4.69, 9.17) is 9.15 Å². The molecule has 0 atom stereocenters. The standard InChI is InChI=1S/C20H20N4O4/c1-3-18-22-23(20(26)16-10-17-15(24(16)18)8-9-28-17)12-19(25)21-11-13-4-6-14(27-2)7-5-13/h4-10H,3,11-12H2,1-2H3,(H,21,25). The van der Waals surface area contributed by atoms with Crippen molar-refractivity contribution in [2.45, 2.75) is 26.4 Å². The van der Waals surface area contributed by atoms with Crippen LogP contribution >= 0.6 is 0 Å². The summed E-state index contributed by atoms with van der Waals surface area (Å²) in [5, 5.41) is 7.20. The number of aryl methyl sites for hydroxylation is 1. The van der Waals surface area contributed by atoms with Gasteiger partial charge in [0.25, 0.3) is 5.56 Å². The zero-order valence-corrected chi connectivity index (χ0v) is 15.6. The Hall–Kier alpha value is -3.55. The van der Waals surface area contributed by atoms with E-state index in [2.05, 4.69) is 10.4 Å². The van der Waals surface area contributed by atoms with E-state index >= 15 is 0 Å². The molecule has 0 aliphatic carbocycles. The predicted molar refractivity (Wildman–Crippen MR) is 103 cm³/mol. The summed E-state index contributed by atoms with van der Waals surface area (Å²) in [5.41, 5.74) is 2.47. The number of amides is 1. The molecule has 3 aromatic heterocycles. The van der Waals surface area contributed by atoms with Gasteiger partial charge in [-0.15, -0.1) is 0 Å². The van der Waals surface area contributed by atoms with Gasteiger partial charge in [0, 0.05) is 25.1 Å². The average molecular weight is 380 g/mol. The van der Waals surface area contributed by atoms with Crippen molar-refractivity contribution in [3.8, 4) is 5.75 Å². The Labute approximate surface area is 160 Å². The maximum absolute atomic E-state index is 12.8. The molecule has 3 heterocycles. The van der Waals surface area contributed by atoms with Crippen LogP contribution in [-0.4, -0.2) is 27.2 Å². The number of fused-ring (bicyclic) bond motifs is 3. The Morgan fingerprint density at radius 3 is 2.71 bits per heavy atom. The molecule has 0 bridgehead atoms. The first-order valence-electron chi connectivity index (χ1n) is 8.99. The third-order valence-corrected chi connectivity index (χ3v) is 4.63. The third-order valence-electron chi connectivity index (χ3n) is 4.63. The maximum atomic E-state index is 12.8. The molecule has 0 aliphatic heterocycles. The summed E-state index contributed by atoms with van der Waals surface area (Å²) in [7, 11) is 1.60. The number of benzene rings is 1. The van der Waals surface area contributed by atoms with Crippen LogP contribution in [0.4, 0.5) is 0 Å². The molecule has 0 saturated carbocycles. The molecule has 0 spiro atoms. The molecule has 0 unspecified atom stereocenters. The lowest BCUT2D eigenvalue weighted by Gasteiger charge is -2.10. The van der Waals surface area contributed by atoms with Crippen LogP contribution in [0.5, 0.6) is 5.75 Å². The van der Waals surface area contributed by atoms with E-state index in [1.807, 2.05) is 31.2 Å². The largest absolute Gasteiger partial charge is 0.497 e. The van der Waals surface area contributed by atoms with Crippen molar-refractivity contribution in [2.75, 3.05) is 7.11 Å². The molecular weight excluding hydrogens is 360 g/mol. The summed E-state index contributed by atoms with van der Waals surface area (Å²) in [6.45, 7) is 2.16. The fourth-order valence-corrected chi connectivity index (χ4v) is 3.19. The van der Waals surface area contributed by atoms with Gasteiger partial charge in [-0.25, -0.2) is 4.68 Å². The molecule has 4 rings (SSSR count). The Kier molecular flexibility index (Phi) is 4.60. The molecule has 144 valence electrons. The highest BCUT2D eigenvalue weighted by Crippen LogP contribution is 2.20. The molecule has 4 aromatic rings. The highest BCUT2D eigenvalue weighted by molar-refractivity contribution is 5.82. The van der Waals surface area contributed by atoms with Crippen LogP contribution in [0.25, 0.3) is 16.6 Å². The summed E-state index contributed by atoms with van der Waals surface area (Å²) in [6.07, 6.45) is 2.19. The Morgan fingerprint density at radius 1 is 1.21 bits per heavy atom. The van der Waals surface area contributed by atoms with Gasteiger partial charge in [0.15, 0.2) is 5.58 Å². The minimum atomic E-state index is -0.330. The topological polar surface area (TPSA) is 90.8 Å². The summed E-state index contributed by atoms with van der Waals surface area (Å²) < 4.78 is 13.5. The van der Waals surface area contributed by atoms with Crippen molar-refractivity contribution < 1.29 is 13.9 Å². The fourth-order valence-electron chi connectivity index (χ4n) is 3.19. The second kappa shape index (κ2) is 7.22. The van der Waals surface area contributed by atoms with Gasteiger partial charge in [0.1, 0.15) is 23.6 Å². The summed E-state index contributed by atoms with van der Waals surface area (Å²) >= 11 is 0. The molecule has 0 fully saturated rings. The average Bonchev–Trinajstić information content (AvgIpc) is 3.31. The van der Waals surface area contributed by atoms with E-state index in [0.717, 1.165) is 16.8 Å². The Bertz CT molecular complexity index is 1200. The fraction of sp³-hybridized carbons (Fsp3) is 0.250. The maximum Gasteiger partial charge on any atom is 0.291 e. The lowest BCUT2D eigenvalue weighted by Crippen LogP contribution is -2.35. The second-order valence-corrected chi connectivity index (χ2v) is 6.39. The van der Waals surface area contributed by atoms with Crippen LogP contribution in [0.15, 0.2) is 51.9 Å². The summed E-state index contributed by atoms with van der Waals surface area (Å²) in [6, 6.07) is 10.9. The number of rotatable bonds is 6. The first kappa shape index (κ1) is 17.8. The van der Waals surface area contributed by atoms with Crippen molar-refractivity contribution in [3.05, 3.63) is 64.4 Å². The highest BCUT2D eigenvalue weighted by Gasteiger charge is 2.16. The van der Waals surface area contributed by atoms with Crippen molar-refractivity contribution in [2.24, 2.45) is 0 Å². The van der Waals surface area contributed by atoms with E-state index in [-0.39, 0.29) is 18.0 Å². The van der Waals surface area contributed by atoms with Crippen molar-refractivity contribution >= 4 is 22.5 Å². The van der Waals surface area contributed by atoms with Crippen LogP contribution in [0.3, 0.4) is 0 Å². The number of ether oxygens (including phenoxy) is 1. The molecule has 1 N–H and O–H groups in total. The van der Waals surface area contributed by atoms with E-state index < -0.39 is 0 Å². The molecular formula is C20H20N4O4. The number of carbonyl (C=O) groups is 1. The van der Waals surface area contributed by atoms with E-state index in [0.29, 0.717) is 29.9 Å². The molecule has 0 aliphatic rings. The number of carbonyl (C=O) groups excluding carboxylic acids is 1. The van der Waals surface area contributed by atoms with Gasteiger partial charge in [-0.2, -0.15) is 5.10 Å². The van der Waals surface area contributed by atoms with Crippen LogP contribution in [0.2, 0.25) is 0 Å². The number of aromatic nitrogens is 3. The van der Waals surface area contributed by atoms with Crippen LogP contribution in [0, 0.1) is 0 Å². The first-order valence-corrected chi connectivity index (χ1v) is 8.99. The summed E-state index contributed by atoms with van der Waals surface area (Å²) in [4.78, 5) is 25.1. The van der Waals surface area contributed by atoms with Gasteiger partial charge < -0.3 is 14.5 Å². The zero-order valence-electron chi connectivity index (χ0n) is 15.6. The van der Waals surface area contributed by atoms with E-state index in [1.165, 1.54) is 4.68 Å². The normalized spacial score (nSPS) is 11.2. The molecule has 0 radical (unpaired) electrons. The molecule has 1 amide bonds. The van der Waals surface area contributed by atoms with Crippen molar-refractivity contribution in [1.82, 2.24) is 19.5 Å². The lowest BCUT2D eigenvalue weighted by atomic mass is 10.2. The molecule has 28 heavy (non-hydrogen) atoms. The van der Waals surface area contributed by atoms with Crippen LogP contribution in [-0.2, 0) is 24.3 Å². The minimum Gasteiger partial charge on any atom is -0.497 e.